The predicted octanol–water partition coefficient (Wildman–Crippen LogP) is -0.266. The first-order valence-electron chi connectivity index (χ1n) is 9.03. The maximum atomic E-state index is 12.7. The fourth-order valence-corrected chi connectivity index (χ4v) is 6.17. The minimum Gasteiger partial charge on any atom is -0.618 e. The van der Waals surface area contributed by atoms with Crippen LogP contribution in [0.5, 0.6) is 0 Å². The number of rotatable bonds is 6. The van der Waals surface area contributed by atoms with Crippen molar-refractivity contribution >= 4 is 30.8 Å². The third-order valence-electron chi connectivity index (χ3n) is 4.77. The van der Waals surface area contributed by atoms with Gasteiger partial charge in [0.2, 0.25) is 21.4 Å². The van der Waals surface area contributed by atoms with Crippen LogP contribution in [0.2, 0.25) is 0 Å². The molecule has 0 atom stereocenters. The van der Waals surface area contributed by atoms with E-state index in [1.54, 1.807) is 24.3 Å². The van der Waals surface area contributed by atoms with Crippen molar-refractivity contribution in [3.05, 3.63) is 53.9 Å². The Morgan fingerprint density at radius 2 is 1.84 bits per heavy atom. The summed E-state index contributed by atoms with van der Waals surface area (Å²) in [5.74, 6) is -0.932. The third kappa shape index (κ3) is 3.69. The summed E-state index contributed by atoms with van der Waals surface area (Å²) in [5, 5.41) is 40.6. The molecule has 2 aromatic carbocycles. The molecule has 0 bridgehead atoms. The molecule has 4 rings (SSSR count). The number of tetrazole rings is 1. The molecule has 32 heavy (non-hydrogen) atoms. The van der Waals surface area contributed by atoms with Crippen LogP contribution < -0.4 is 9.87 Å². The standard InChI is InChI=1S/C18H16N6O6S2/c19-32(29,30)17-15(31(27,28)10-9-25)7-6-13(16(17)18-20-22-23-21-18)11-3-1-5-14-12(11)4-2-8-24(14)26/h1-8,25H,9-10H2,(H2,19,29,30)(H,20,21,22,23). The molecule has 0 saturated heterocycles. The Bertz CT molecular complexity index is 1540. The summed E-state index contributed by atoms with van der Waals surface area (Å²) < 4.78 is 51.4. The van der Waals surface area contributed by atoms with Gasteiger partial charge >= 0.3 is 0 Å². The number of sulfone groups is 1. The summed E-state index contributed by atoms with van der Waals surface area (Å²) in [6.45, 7) is -0.724. The van der Waals surface area contributed by atoms with E-state index in [-0.39, 0.29) is 17.0 Å². The number of H-pyrrole nitrogens is 1. The molecule has 0 fully saturated rings. The molecule has 4 aromatic rings. The van der Waals surface area contributed by atoms with Crippen LogP contribution in [-0.4, -0.2) is 54.9 Å². The summed E-state index contributed by atoms with van der Waals surface area (Å²) >= 11 is 0. The second-order valence-corrected chi connectivity index (χ2v) is 10.3. The summed E-state index contributed by atoms with van der Waals surface area (Å²) in [6, 6.07) is 10.5. The number of fused-ring (bicyclic) bond motifs is 1. The first-order chi connectivity index (χ1) is 15.1. The van der Waals surface area contributed by atoms with Gasteiger partial charge in [0.1, 0.15) is 4.90 Å². The van der Waals surface area contributed by atoms with Crippen molar-refractivity contribution in [2.24, 2.45) is 5.14 Å². The van der Waals surface area contributed by atoms with Crippen molar-refractivity contribution in [1.29, 1.82) is 0 Å². The van der Waals surface area contributed by atoms with E-state index in [2.05, 4.69) is 20.6 Å². The van der Waals surface area contributed by atoms with Gasteiger partial charge in [-0.2, -0.15) is 9.94 Å². The van der Waals surface area contributed by atoms with Gasteiger partial charge in [0, 0.05) is 12.1 Å². The van der Waals surface area contributed by atoms with Crippen LogP contribution in [0, 0.1) is 5.21 Å². The van der Waals surface area contributed by atoms with Crippen LogP contribution in [0.4, 0.5) is 0 Å². The molecular formula is C18H16N6O6S2. The smallest absolute Gasteiger partial charge is 0.240 e. The third-order valence-corrected chi connectivity index (χ3v) is 7.62. The number of sulfonamides is 1. The number of primary sulfonamides is 1. The molecule has 0 saturated carbocycles. The fraction of sp³-hybridized carbons (Fsp3) is 0.111. The maximum absolute atomic E-state index is 12.7. The number of pyridine rings is 1. The van der Waals surface area contributed by atoms with Crippen molar-refractivity contribution < 1.29 is 26.7 Å². The number of nitrogens with zero attached hydrogens (tertiary/aromatic N) is 4. The number of aliphatic hydroxyl groups is 1. The number of nitrogens with two attached hydrogens (primary N) is 1. The van der Waals surface area contributed by atoms with Gasteiger partial charge in [-0.15, -0.1) is 10.2 Å². The van der Waals surface area contributed by atoms with Crippen LogP contribution in [0.3, 0.4) is 0 Å². The minimum atomic E-state index is -4.63. The summed E-state index contributed by atoms with van der Waals surface area (Å²) in [5.41, 5.74) is 0.742. The molecular weight excluding hydrogens is 460 g/mol. The van der Waals surface area contributed by atoms with Gasteiger partial charge in [0.15, 0.2) is 16.0 Å². The SMILES string of the molecule is NS(=O)(=O)c1c(S(=O)(=O)CCO)ccc(-c2cccc3c2ccc[n+]3[O-])c1-c1nn[nH]n1. The lowest BCUT2D eigenvalue weighted by Gasteiger charge is -2.16. The fourth-order valence-electron chi connectivity index (χ4n) is 3.49. The number of hydrogen-bond acceptors (Lipinski definition) is 9. The Labute approximate surface area is 181 Å². The second-order valence-electron chi connectivity index (χ2n) is 6.71. The highest BCUT2D eigenvalue weighted by Crippen LogP contribution is 2.40. The van der Waals surface area contributed by atoms with E-state index >= 15 is 0 Å². The van der Waals surface area contributed by atoms with Gasteiger partial charge in [0.05, 0.1) is 28.2 Å². The Hall–Kier alpha value is -3.46. The van der Waals surface area contributed by atoms with Gasteiger partial charge in [0.25, 0.3) is 0 Å². The molecule has 14 heteroatoms. The average Bonchev–Trinajstić information content (AvgIpc) is 3.26. The minimum absolute atomic E-state index is 0.200. The highest BCUT2D eigenvalue weighted by atomic mass is 32.2. The molecule has 0 aliphatic rings. The van der Waals surface area contributed by atoms with Gasteiger partial charge in [-0.05, 0) is 28.5 Å². The topological polar surface area (TPSA) is 196 Å². The van der Waals surface area contributed by atoms with Crippen molar-refractivity contribution in [2.45, 2.75) is 9.79 Å². The first kappa shape index (κ1) is 21.8. The van der Waals surface area contributed by atoms with Crippen LogP contribution in [0.15, 0.2) is 58.5 Å². The molecule has 166 valence electrons. The summed E-state index contributed by atoms with van der Waals surface area (Å²) in [7, 11) is -8.87. The lowest BCUT2D eigenvalue weighted by molar-refractivity contribution is -0.577. The summed E-state index contributed by atoms with van der Waals surface area (Å²) in [4.78, 5) is -1.33. The second kappa shape index (κ2) is 7.90. The number of nitrogens with one attached hydrogen (secondary N) is 1. The molecule has 0 unspecified atom stereocenters. The van der Waals surface area contributed by atoms with E-state index in [9.17, 15) is 22.0 Å². The molecule has 0 aliphatic heterocycles. The Balaban J connectivity index is 2.19. The molecule has 12 nitrogen and oxygen atoms in total. The van der Waals surface area contributed by atoms with Gasteiger partial charge < -0.3 is 10.3 Å². The average molecular weight is 476 g/mol. The van der Waals surface area contributed by atoms with Crippen molar-refractivity contribution in [2.75, 3.05) is 12.4 Å². The quantitative estimate of drug-likeness (QED) is 0.248. The molecule has 2 heterocycles. The molecule has 4 N–H and O–H groups in total. The van der Waals surface area contributed by atoms with Crippen LogP contribution in [0.25, 0.3) is 33.4 Å². The van der Waals surface area contributed by atoms with Crippen molar-refractivity contribution in [1.82, 2.24) is 20.6 Å². The maximum Gasteiger partial charge on any atom is 0.240 e. The number of aliphatic hydroxyl groups excluding tert-OH is 1. The first-order valence-corrected chi connectivity index (χ1v) is 12.2. The number of hydrogen-bond donors (Lipinski definition) is 3. The predicted molar refractivity (Wildman–Crippen MR) is 112 cm³/mol. The number of aromatic nitrogens is 5. The Morgan fingerprint density at radius 1 is 1.06 bits per heavy atom. The molecule has 0 aliphatic carbocycles. The van der Waals surface area contributed by atoms with E-state index in [4.69, 9.17) is 10.2 Å². The molecule has 2 aromatic heterocycles. The van der Waals surface area contributed by atoms with Crippen LogP contribution in [0.1, 0.15) is 0 Å². The van der Waals surface area contributed by atoms with E-state index < -0.39 is 42.0 Å². The van der Waals surface area contributed by atoms with E-state index in [0.29, 0.717) is 21.2 Å². The largest absolute Gasteiger partial charge is 0.618 e. The van der Waals surface area contributed by atoms with E-state index in [0.717, 1.165) is 6.07 Å². The van der Waals surface area contributed by atoms with Gasteiger partial charge in [-0.1, -0.05) is 18.2 Å². The molecule has 0 radical (unpaired) electrons. The van der Waals surface area contributed by atoms with E-state index in [1.807, 2.05) is 0 Å². The molecule has 0 spiro atoms. The van der Waals surface area contributed by atoms with Crippen molar-refractivity contribution in [3.8, 4) is 22.5 Å². The lowest BCUT2D eigenvalue weighted by Crippen LogP contribution is -2.25. The number of benzene rings is 2. The highest BCUT2D eigenvalue weighted by Gasteiger charge is 2.32. The van der Waals surface area contributed by atoms with Gasteiger partial charge in [-0.3, -0.25) is 0 Å². The monoisotopic (exact) mass is 476 g/mol. The Morgan fingerprint density at radius 3 is 2.50 bits per heavy atom. The van der Waals surface area contributed by atoms with Crippen molar-refractivity contribution in [3.63, 3.8) is 0 Å². The number of aromatic amines is 1. The van der Waals surface area contributed by atoms with Crippen LogP contribution >= 0.6 is 0 Å². The Kier molecular flexibility index (Phi) is 5.37. The normalized spacial score (nSPS) is 12.3. The highest BCUT2D eigenvalue weighted by molar-refractivity contribution is 7.93. The van der Waals surface area contributed by atoms with Crippen LogP contribution in [-0.2, 0) is 19.9 Å². The summed E-state index contributed by atoms with van der Waals surface area (Å²) in [6.07, 6.45) is 1.31. The van der Waals surface area contributed by atoms with E-state index in [1.165, 1.54) is 18.3 Å². The zero-order valence-electron chi connectivity index (χ0n) is 16.2. The van der Waals surface area contributed by atoms with Gasteiger partial charge in [-0.25, -0.2) is 22.0 Å². The zero-order valence-corrected chi connectivity index (χ0v) is 17.8. The molecule has 0 amide bonds. The lowest BCUT2D eigenvalue weighted by atomic mass is 9.95. The zero-order chi connectivity index (χ0) is 23.1.